The van der Waals surface area contributed by atoms with E-state index in [1.807, 2.05) is 35.2 Å². The Hall–Kier alpha value is -2.38. The molecule has 0 spiro atoms. The lowest BCUT2D eigenvalue weighted by Crippen LogP contribution is -2.42. The fraction of sp³-hybridized carbons (Fsp3) is 0.421. The van der Waals surface area contributed by atoms with Crippen LogP contribution in [0.5, 0.6) is 0 Å². The number of fused-ring (bicyclic) bond motifs is 1. The van der Waals surface area contributed by atoms with E-state index < -0.39 is 0 Å². The molecular weight excluding hydrogens is 366 g/mol. The zero-order chi connectivity index (χ0) is 17.9. The van der Waals surface area contributed by atoms with Gasteiger partial charge in [-0.2, -0.15) is 5.10 Å². The van der Waals surface area contributed by atoms with Crippen molar-refractivity contribution in [3.05, 3.63) is 47.3 Å². The van der Waals surface area contributed by atoms with Gasteiger partial charge in [-0.05, 0) is 25.0 Å². The van der Waals surface area contributed by atoms with Crippen molar-refractivity contribution >= 4 is 29.9 Å². The second-order valence-corrected chi connectivity index (χ2v) is 6.88. The highest BCUT2D eigenvalue weighted by atomic mass is 35.5. The molecule has 144 valence electrons. The summed E-state index contributed by atoms with van der Waals surface area (Å²) in [4.78, 5) is 27.1. The van der Waals surface area contributed by atoms with E-state index in [1.165, 1.54) is 0 Å². The summed E-state index contributed by atoms with van der Waals surface area (Å²) in [5.74, 6) is -0.0632. The first-order valence-electron chi connectivity index (χ1n) is 9.14. The lowest BCUT2D eigenvalue weighted by atomic mass is 9.95. The topological polar surface area (TPSA) is 90.1 Å². The number of rotatable bonds is 3. The van der Waals surface area contributed by atoms with Gasteiger partial charge in [-0.1, -0.05) is 18.2 Å². The summed E-state index contributed by atoms with van der Waals surface area (Å²) in [5.41, 5.74) is 3.39. The fourth-order valence-corrected chi connectivity index (χ4v) is 3.66. The van der Waals surface area contributed by atoms with Crippen molar-refractivity contribution in [1.82, 2.24) is 20.4 Å². The Morgan fingerprint density at radius 1 is 1.15 bits per heavy atom. The molecule has 1 saturated heterocycles. The van der Waals surface area contributed by atoms with Crippen molar-refractivity contribution in [3.8, 4) is 0 Å². The monoisotopic (exact) mass is 389 g/mol. The number of piperidine rings is 1. The van der Waals surface area contributed by atoms with Crippen LogP contribution in [0, 0.1) is 5.92 Å². The number of aromatic amines is 1. The summed E-state index contributed by atoms with van der Waals surface area (Å²) in [5, 5.41) is 13.5. The highest BCUT2D eigenvalue weighted by Gasteiger charge is 2.31. The molecule has 1 aromatic heterocycles. The SMILES string of the molecule is Cl.O=C(Nc1ccccc1)C1CCN(C(=O)c2n[nH]c3c2CNCC3)CC1. The number of H-pyrrole nitrogens is 1. The number of benzene rings is 1. The molecule has 8 heteroatoms. The number of carbonyl (C=O) groups is 2. The van der Waals surface area contributed by atoms with Gasteiger partial charge in [0, 0.05) is 55.5 Å². The molecule has 3 heterocycles. The maximum atomic E-state index is 12.8. The van der Waals surface area contributed by atoms with Crippen LogP contribution in [-0.4, -0.2) is 46.5 Å². The van der Waals surface area contributed by atoms with Crippen LogP contribution in [0.15, 0.2) is 30.3 Å². The number of nitrogens with one attached hydrogen (secondary N) is 3. The van der Waals surface area contributed by atoms with E-state index in [0.29, 0.717) is 38.2 Å². The normalized spacial score (nSPS) is 17.0. The predicted molar refractivity (Wildman–Crippen MR) is 105 cm³/mol. The highest BCUT2D eigenvalue weighted by Crippen LogP contribution is 2.23. The van der Waals surface area contributed by atoms with Gasteiger partial charge < -0.3 is 15.5 Å². The van der Waals surface area contributed by atoms with Crippen molar-refractivity contribution in [2.45, 2.75) is 25.8 Å². The van der Waals surface area contributed by atoms with Gasteiger partial charge in [0.1, 0.15) is 0 Å². The van der Waals surface area contributed by atoms with Gasteiger partial charge in [-0.3, -0.25) is 14.7 Å². The van der Waals surface area contributed by atoms with Crippen LogP contribution >= 0.6 is 12.4 Å². The van der Waals surface area contributed by atoms with Gasteiger partial charge in [0.25, 0.3) is 5.91 Å². The van der Waals surface area contributed by atoms with E-state index in [0.717, 1.165) is 29.9 Å². The number of nitrogens with zero attached hydrogens (tertiary/aromatic N) is 2. The molecule has 4 rings (SSSR count). The van der Waals surface area contributed by atoms with Crippen molar-refractivity contribution in [1.29, 1.82) is 0 Å². The molecule has 0 atom stereocenters. The van der Waals surface area contributed by atoms with E-state index in [1.54, 1.807) is 0 Å². The van der Waals surface area contributed by atoms with Crippen LogP contribution in [-0.2, 0) is 17.8 Å². The Morgan fingerprint density at radius 3 is 2.63 bits per heavy atom. The largest absolute Gasteiger partial charge is 0.337 e. The standard InChI is InChI=1S/C19H23N5O2.ClH/c25-18(21-14-4-2-1-3-5-14)13-7-10-24(11-8-13)19(26)17-15-12-20-9-6-16(15)22-23-17;/h1-5,13,20H,6-12H2,(H,21,25)(H,22,23);1H. The Kier molecular flexibility index (Phi) is 6.13. The first kappa shape index (κ1) is 19.4. The van der Waals surface area contributed by atoms with Gasteiger partial charge in [0.05, 0.1) is 0 Å². The maximum absolute atomic E-state index is 12.8. The van der Waals surface area contributed by atoms with E-state index >= 15 is 0 Å². The number of likely N-dealkylation sites (tertiary alicyclic amines) is 1. The molecule has 0 aliphatic carbocycles. The molecular formula is C19H24ClN5O2. The summed E-state index contributed by atoms with van der Waals surface area (Å²) >= 11 is 0. The number of aromatic nitrogens is 2. The number of anilines is 1. The van der Waals surface area contributed by atoms with E-state index in [9.17, 15) is 9.59 Å². The minimum atomic E-state index is -0.0611. The number of halogens is 1. The molecule has 2 aromatic rings. The third-order valence-corrected chi connectivity index (χ3v) is 5.20. The molecule has 1 aromatic carbocycles. The van der Waals surface area contributed by atoms with Crippen LogP contribution in [0.4, 0.5) is 5.69 Å². The molecule has 0 saturated carbocycles. The van der Waals surface area contributed by atoms with Gasteiger partial charge in [-0.25, -0.2) is 0 Å². The summed E-state index contributed by atoms with van der Waals surface area (Å²) in [6.07, 6.45) is 2.22. The van der Waals surface area contributed by atoms with Gasteiger partial charge >= 0.3 is 0 Å². The predicted octanol–water partition coefficient (Wildman–Crippen LogP) is 1.97. The molecule has 1 fully saturated rings. The zero-order valence-corrected chi connectivity index (χ0v) is 15.8. The minimum absolute atomic E-state index is 0. The van der Waals surface area contributed by atoms with E-state index in [4.69, 9.17) is 0 Å². The van der Waals surface area contributed by atoms with Gasteiger partial charge in [0.2, 0.25) is 5.91 Å². The molecule has 2 aliphatic rings. The van der Waals surface area contributed by atoms with Gasteiger partial charge in [-0.15, -0.1) is 12.4 Å². The van der Waals surface area contributed by atoms with Crippen molar-refractivity contribution in [2.24, 2.45) is 5.92 Å². The minimum Gasteiger partial charge on any atom is -0.337 e. The maximum Gasteiger partial charge on any atom is 0.274 e. The van der Waals surface area contributed by atoms with Crippen molar-refractivity contribution in [3.63, 3.8) is 0 Å². The third kappa shape index (κ3) is 4.14. The molecule has 2 amide bonds. The Balaban J connectivity index is 0.00000210. The second kappa shape index (κ2) is 8.54. The van der Waals surface area contributed by atoms with Crippen LogP contribution in [0.3, 0.4) is 0 Å². The smallest absolute Gasteiger partial charge is 0.274 e. The lowest BCUT2D eigenvalue weighted by molar-refractivity contribution is -0.121. The molecule has 0 unspecified atom stereocenters. The average Bonchev–Trinajstić information content (AvgIpc) is 3.12. The number of hydrogen-bond acceptors (Lipinski definition) is 4. The number of hydrogen-bond donors (Lipinski definition) is 3. The van der Waals surface area contributed by atoms with Crippen LogP contribution in [0.2, 0.25) is 0 Å². The zero-order valence-electron chi connectivity index (χ0n) is 15.0. The third-order valence-electron chi connectivity index (χ3n) is 5.20. The lowest BCUT2D eigenvalue weighted by Gasteiger charge is -2.31. The van der Waals surface area contributed by atoms with Gasteiger partial charge in [0.15, 0.2) is 5.69 Å². The van der Waals surface area contributed by atoms with Crippen molar-refractivity contribution in [2.75, 3.05) is 25.0 Å². The number of para-hydroxylation sites is 1. The number of carbonyl (C=O) groups excluding carboxylic acids is 2. The van der Waals surface area contributed by atoms with Crippen LogP contribution in [0.1, 0.15) is 34.6 Å². The first-order valence-corrected chi connectivity index (χ1v) is 9.14. The van der Waals surface area contributed by atoms with E-state index in [2.05, 4.69) is 20.8 Å². The molecule has 3 N–H and O–H groups in total. The molecule has 7 nitrogen and oxygen atoms in total. The Bertz CT molecular complexity index is 800. The highest BCUT2D eigenvalue weighted by molar-refractivity contribution is 5.95. The Labute approximate surface area is 164 Å². The number of amides is 2. The fourth-order valence-electron chi connectivity index (χ4n) is 3.66. The molecule has 0 bridgehead atoms. The summed E-state index contributed by atoms with van der Waals surface area (Å²) in [7, 11) is 0. The van der Waals surface area contributed by atoms with Crippen molar-refractivity contribution < 1.29 is 9.59 Å². The summed E-state index contributed by atoms with van der Waals surface area (Å²) in [6, 6.07) is 9.48. The van der Waals surface area contributed by atoms with Crippen LogP contribution < -0.4 is 10.6 Å². The second-order valence-electron chi connectivity index (χ2n) is 6.88. The van der Waals surface area contributed by atoms with Crippen LogP contribution in [0.25, 0.3) is 0 Å². The first-order chi connectivity index (χ1) is 12.7. The molecule has 0 radical (unpaired) electrons. The Morgan fingerprint density at radius 2 is 1.89 bits per heavy atom. The average molecular weight is 390 g/mol. The quantitative estimate of drug-likeness (QED) is 0.748. The molecule has 27 heavy (non-hydrogen) atoms. The van der Waals surface area contributed by atoms with E-state index in [-0.39, 0.29) is 30.1 Å². The summed E-state index contributed by atoms with van der Waals surface area (Å²) < 4.78 is 0. The molecule has 2 aliphatic heterocycles. The summed E-state index contributed by atoms with van der Waals surface area (Å²) in [6.45, 7) is 2.76.